The number of hydrogen-bond acceptors (Lipinski definition) is 2. The van der Waals surface area contributed by atoms with E-state index in [1.165, 1.54) is 11.1 Å². The minimum Gasteiger partial charge on any atom is -0.497 e. The van der Waals surface area contributed by atoms with Crippen LogP contribution in [0.4, 0.5) is 0 Å². The maximum absolute atomic E-state index is 11.7. The largest absolute Gasteiger partial charge is 0.497 e. The number of ketones is 1. The molecule has 2 heteroatoms. The van der Waals surface area contributed by atoms with Gasteiger partial charge in [0.1, 0.15) is 11.5 Å². The van der Waals surface area contributed by atoms with Crippen LogP contribution in [0.2, 0.25) is 0 Å². The molecule has 2 aliphatic carbocycles. The molecule has 0 aromatic heterocycles. The first-order valence-electron chi connectivity index (χ1n) is 6.82. The van der Waals surface area contributed by atoms with E-state index in [0.717, 1.165) is 37.9 Å². The van der Waals surface area contributed by atoms with Gasteiger partial charge in [0.15, 0.2) is 0 Å². The summed E-state index contributed by atoms with van der Waals surface area (Å²) in [4.78, 5) is 11.7. The Hall–Kier alpha value is -1.31. The van der Waals surface area contributed by atoms with E-state index < -0.39 is 0 Å². The number of carbonyl (C=O) groups is 1. The Morgan fingerprint density at radius 1 is 1.33 bits per heavy atom. The second-order valence-corrected chi connectivity index (χ2v) is 5.92. The lowest BCUT2D eigenvalue weighted by molar-refractivity contribution is -0.123. The number of rotatable bonds is 1. The zero-order valence-corrected chi connectivity index (χ0v) is 11.2. The number of fused-ring (bicyclic) bond motifs is 3. The van der Waals surface area contributed by atoms with Gasteiger partial charge in [0.05, 0.1) is 7.11 Å². The Kier molecular flexibility index (Phi) is 2.69. The van der Waals surface area contributed by atoms with E-state index in [4.69, 9.17) is 4.74 Å². The lowest BCUT2D eigenvalue weighted by atomic mass is 9.58. The van der Waals surface area contributed by atoms with Crippen molar-refractivity contribution < 1.29 is 9.53 Å². The van der Waals surface area contributed by atoms with E-state index in [-0.39, 0.29) is 5.41 Å². The maximum Gasteiger partial charge on any atom is 0.133 e. The van der Waals surface area contributed by atoms with Crippen LogP contribution in [-0.2, 0) is 16.6 Å². The summed E-state index contributed by atoms with van der Waals surface area (Å²) in [5.74, 6) is 1.91. The molecule has 3 rings (SSSR count). The van der Waals surface area contributed by atoms with Gasteiger partial charge >= 0.3 is 0 Å². The van der Waals surface area contributed by atoms with E-state index in [1.807, 2.05) is 0 Å². The summed E-state index contributed by atoms with van der Waals surface area (Å²) in [7, 11) is 1.72. The van der Waals surface area contributed by atoms with Gasteiger partial charge in [-0.25, -0.2) is 0 Å². The quantitative estimate of drug-likeness (QED) is 0.758. The van der Waals surface area contributed by atoms with Gasteiger partial charge in [-0.3, -0.25) is 4.79 Å². The van der Waals surface area contributed by atoms with Crippen LogP contribution in [0.5, 0.6) is 5.75 Å². The summed E-state index contributed by atoms with van der Waals surface area (Å²) < 4.78 is 5.36. The van der Waals surface area contributed by atoms with E-state index in [9.17, 15) is 4.79 Å². The van der Waals surface area contributed by atoms with Crippen LogP contribution < -0.4 is 4.74 Å². The molecule has 0 amide bonds. The molecule has 18 heavy (non-hydrogen) atoms. The van der Waals surface area contributed by atoms with Crippen molar-refractivity contribution in [3.63, 3.8) is 0 Å². The minimum atomic E-state index is 0.177. The number of aryl methyl sites for hydroxylation is 1. The van der Waals surface area contributed by atoms with Crippen molar-refractivity contribution in [2.75, 3.05) is 7.11 Å². The van der Waals surface area contributed by atoms with Crippen LogP contribution in [0, 0.1) is 5.92 Å². The first kappa shape index (κ1) is 11.8. The standard InChI is InChI=1S/C16H20O2/c1-16-8-7-13(17)9-12(16)5-3-11-4-6-14(18-2)10-15(11)16/h4,6,10,12H,3,5,7-9H2,1-2H3/t12-,16+/m0/s1. The molecule has 0 saturated heterocycles. The predicted molar refractivity (Wildman–Crippen MR) is 71.0 cm³/mol. The van der Waals surface area contributed by atoms with Crippen molar-refractivity contribution in [1.82, 2.24) is 0 Å². The highest BCUT2D eigenvalue weighted by Crippen LogP contribution is 2.49. The molecule has 0 spiro atoms. The van der Waals surface area contributed by atoms with Crippen LogP contribution in [0.1, 0.15) is 43.7 Å². The van der Waals surface area contributed by atoms with Crippen molar-refractivity contribution in [2.24, 2.45) is 5.92 Å². The molecule has 1 aromatic rings. The van der Waals surface area contributed by atoms with Crippen molar-refractivity contribution in [2.45, 2.75) is 44.4 Å². The molecule has 0 N–H and O–H groups in total. The SMILES string of the molecule is COc1ccc2c(c1)[C@]1(C)CCC(=O)C[C@@H]1CC2. The summed E-state index contributed by atoms with van der Waals surface area (Å²) >= 11 is 0. The first-order chi connectivity index (χ1) is 8.63. The van der Waals surface area contributed by atoms with Crippen LogP contribution >= 0.6 is 0 Å². The third kappa shape index (κ3) is 1.66. The Labute approximate surface area is 108 Å². The van der Waals surface area contributed by atoms with Gasteiger partial charge < -0.3 is 4.74 Å². The molecule has 0 unspecified atom stereocenters. The van der Waals surface area contributed by atoms with Gasteiger partial charge in [0.25, 0.3) is 0 Å². The van der Waals surface area contributed by atoms with E-state index >= 15 is 0 Å². The summed E-state index contributed by atoms with van der Waals surface area (Å²) in [5.41, 5.74) is 3.05. The highest BCUT2D eigenvalue weighted by molar-refractivity contribution is 5.80. The highest BCUT2D eigenvalue weighted by Gasteiger charge is 2.44. The molecule has 1 aromatic carbocycles. The zero-order chi connectivity index (χ0) is 12.8. The number of carbonyl (C=O) groups excluding carboxylic acids is 1. The molecule has 0 heterocycles. The van der Waals surface area contributed by atoms with Crippen molar-refractivity contribution in [1.29, 1.82) is 0 Å². The average Bonchev–Trinajstić information content (AvgIpc) is 2.39. The molecule has 2 aliphatic rings. The van der Waals surface area contributed by atoms with Crippen LogP contribution in [-0.4, -0.2) is 12.9 Å². The van der Waals surface area contributed by atoms with Crippen LogP contribution in [0.3, 0.4) is 0 Å². The molecule has 1 saturated carbocycles. The highest BCUT2D eigenvalue weighted by atomic mass is 16.5. The predicted octanol–water partition coefficient (Wildman–Crippen LogP) is 3.27. The topological polar surface area (TPSA) is 26.3 Å². The van der Waals surface area contributed by atoms with E-state index in [0.29, 0.717) is 11.7 Å². The monoisotopic (exact) mass is 244 g/mol. The Bertz CT molecular complexity index is 492. The summed E-state index contributed by atoms with van der Waals surface area (Å²) in [6, 6.07) is 6.44. The molecule has 2 atom stereocenters. The molecule has 1 fully saturated rings. The molecule has 2 nitrogen and oxygen atoms in total. The Morgan fingerprint density at radius 2 is 2.17 bits per heavy atom. The number of ether oxygens (including phenoxy) is 1. The van der Waals surface area contributed by atoms with E-state index in [1.54, 1.807) is 7.11 Å². The first-order valence-corrected chi connectivity index (χ1v) is 6.82. The molecule has 0 bridgehead atoms. The van der Waals surface area contributed by atoms with Crippen molar-refractivity contribution in [3.05, 3.63) is 29.3 Å². The number of hydrogen-bond donors (Lipinski definition) is 0. The Balaban J connectivity index is 2.06. The zero-order valence-electron chi connectivity index (χ0n) is 11.2. The van der Waals surface area contributed by atoms with E-state index in [2.05, 4.69) is 25.1 Å². The molecule has 96 valence electrons. The van der Waals surface area contributed by atoms with Crippen LogP contribution in [0.25, 0.3) is 0 Å². The summed E-state index contributed by atoms with van der Waals surface area (Å²) in [6.45, 7) is 2.33. The maximum atomic E-state index is 11.7. The number of benzene rings is 1. The fraction of sp³-hybridized carbons (Fsp3) is 0.562. The summed E-state index contributed by atoms with van der Waals surface area (Å²) in [5, 5.41) is 0. The average molecular weight is 244 g/mol. The lowest BCUT2D eigenvalue weighted by Crippen LogP contribution is -2.41. The van der Waals surface area contributed by atoms with Gasteiger partial charge in [0.2, 0.25) is 0 Å². The molecule has 0 aliphatic heterocycles. The molecular formula is C16H20O2. The van der Waals surface area contributed by atoms with Gasteiger partial charge in [-0.05, 0) is 53.9 Å². The minimum absolute atomic E-state index is 0.177. The fourth-order valence-corrected chi connectivity index (χ4v) is 3.74. The third-order valence-corrected chi connectivity index (χ3v) is 4.99. The molecular weight excluding hydrogens is 224 g/mol. The van der Waals surface area contributed by atoms with Crippen LogP contribution in [0.15, 0.2) is 18.2 Å². The smallest absolute Gasteiger partial charge is 0.133 e. The normalized spacial score (nSPS) is 30.6. The van der Waals surface area contributed by atoms with Crippen molar-refractivity contribution >= 4 is 5.78 Å². The summed E-state index contributed by atoms with van der Waals surface area (Å²) in [6.07, 6.45) is 4.77. The van der Waals surface area contributed by atoms with Gasteiger partial charge in [-0.2, -0.15) is 0 Å². The Morgan fingerprint density at radius 3 is 2.94 bits per heavy atom. The number of Topliss-reactive ketones (excluding diaryl/α,β-unsaturated/α-hetero) is 1. The van der Waals surface area contributed by atoms with Gasteiger partial charge in [-0.1, -0.05) is 13.0 Å². The number of methoxy groups -OCH3 is 1. The van der Waals surface area contributed by atoms with Gasteiger partial charge in [-0.15, -0.1) is 0 Å². The third-order valence-electron chi connectivity index (χ3n) is 4.99. The second-order valence-electron chi connectivity index (χ2n) is 5.92. The second kappa shape index (κ2) is 4.11. The molecule has 0 radical (unpaired) electrons. The fourth-order valence-electron chi connectivity index (χ4n) is 3.74. The van der Waals surface area contributed by atoms with Gasteiger partial charge in [0, 0.05) is 12.8 Å². The lowest BCUT2D eigenvalue weighted by Gasteiger charge is -2.46. The van der Waals surface area contributed by atoms with Crippen molar-refractivity contribution in [3.8, 4) is 5.75 Å².